The highest BCUT2D eigenvalue weighted by Crippen LogP contribution is 2.13. The highest BCUT2D eigenvalue weighted by Gasteiger charge is 2.06. The summed E-state index contributed by atoms with van der Waals surface area (Å²) in [5.41, 5.74) is 7.16. The standard InChI is InChI=1S/C12H11ClN4S/c13-9-3-1-8(2-4-9)7-17-12-10(11(14)18)15-5-6-16-12/h1-6H,7H2,(H2,14,18)(H,16,17). The van der Waals surface area contributed by atoms with Crippen LogP contribution < -0.4 is 11.1 Å². The third-order valence-electron chi connectivity index (χ3n) is 2.30. The molecule has 6 heteroatoms. The molecule has 4 nitrogen and oxygen atoms in total. The van der Waals surface area contributed by atoms with Gasteiger partial charge < -0.3 is 11.1 Å². The van der Waals surface area contributed by atoms with E-state index in [0.717, 1.165) is 5.56 Å². The Morgan fingerprint density at radius 1 is 1.22 bits per heavy atom. The molecule has 0 unspecified atom stereocenters. The number of hydrogen-bond acceptors (Lipinski definition) is 4. The Bertz CT molecular complexity index is 556. The van der Waals surface area contributed by atoms with Crippen LogP contribution in [0.4, 0.5) is 5.82 Å². The Labute approximate surface area is 115 Å². The topological polar surface area (TPSA) is 63.8 Å². The molecule has 0 aliphatic heterocycles. The third-order valence-corrected chi connectivity index (χ3v) is 2.75. The van der Waals surface area contributed by atoms with Gasteiger partial charge in [-0.25, -0.2) is 9.97 Å². The lowest BCUT2D eigenvalue weighted by Gasteiger charge is -2.08. The zero-order valence-corrected chi connectivity index (χ0v) is 11.0. The van der Waals surface area contributed by atoms with Crippen LogP contribution in [0.2, 0.25) is 5.02 Å². The fourth-order valence-electron chi connectivity index (χ4n) is 1.44. The minimum atomic E-state index is 0.224. The molecule has 1 heterocycles. The first-order chi connectivity index (χ1) is 8.66. The number of anilines is 1. The first-order valence-corrected chi connectivity index (χ1v) is 6.04. The summed E-state index contributed by atoms with van der Waals surface area (Å²) >= 11 is 10.7. The molecule has 0 bridgehead atoms. The van der Waals surface area contributed by atoms with Gasteiger partial charge in [0.25, 0.3) is 0 Å². The van der Waals surface area contributed by atoms with Gasteiger partial charge in [0.2, 0.25) is 0 Å². The molecule has 0 aliphatic carbocycles. The maximum absolute atomic E-state index is 5.82. The van der Waals surface area contributed by atoms with Crippen LogP contribution in [-0.2, 0) is 6.54 Å². The van der Waals surface area contributed by atoms with E-state index in [1.165, 1.54) is 0 Å². The van der Waals surface area contributed by atoms with Crippen molar-refractivity contribution in [1.29, 1.82) is 0 Å². The smallest absolute Gasteiger partial charge is 0.155 e. The summed E-state index contributed by atoms with van der Waals surface area (Å²) < 4.78 is 0. The quantitative estimate of drug-likeness (QED) is 0.841. The van der Waals surface area contributed by atoms with Crippen molar-refractivity contribution in [2.75, 3.05) is 5.32 Å². The molecule has 1 aromatic carbocycles. The van der Waals surface area contributed by atoms with E-state index >= 15 is 0 Å². The lowest BCUT2D eigenvalue weighted by molar-refractivity contribution is 1.08. The molecule has 0 atom stereocenters. The molecule has 92 valence electrons. The molecule has 2 aromatic rings. The van der Waals surface area contributed by atoms with Crippen molar-refractivity contribution in [1.82, 2.24) is 9.97 Å². The normalized spacial score (nSPS) is 10.1. The molecular formula is C12H11ClN4S. The van der Waals surface area contributed by atoms with Crippen molar-refractivity contribution in [3.8, 4) is 0 Å². The fourth-order valence-corrected chi connectivity index (χ4v) is 1.71. The minimum Gasteiger partial charge on any atom is -0.388 e. The zero-order chi connectivity index (χ0) is 13.0. The van der Waals surface area contributed by atoms with Crippen LogP contribution in [0.25, 0.3) is 0 Å². The molecule has 0 spiro atoms. The summed E-state index contributed by atoms with van der Waals surface area (Å²) in [6, 6.07) is 7.55. The molecule has 0 saturated heterocycles. The van der Waals surface area contributed by atoms with E-state index in [4.69, 9.17) is 29.6 Å². The van der Waals surface area contributed by atoms with Crippen LogP contribution in [0.5, 0.6) is 0 Å². The molecule has 3 N–H and O–H groups in total. The number of benzene rings is 1. The number of thiocarbonyl (C=S) groups is 1. The van der Waals surface area contributed by atoms with Crippen molar-refractivity contribution in [2.45, 2.75) is 6.54 Å². The van der Waals surface area contributed by atoms with Crippen LogP contribution in [-0.4, -0.2) is 15.0 Å². The average Bonchev–Trinajstić information content (AvgIpc) is 2.38. The second-order valence-electron chi connectivity index (χ2n) is 3.60. The maximum atomic E-state index is 5.82. The summed E-state index contributed by atoms with van der Waals surface area (Å²) in [5.74, 6) is 0.583. The van der Waals surface area contributed by atoms with Crippen molar-refractivity contribution in [3.05, 3.63) is 52.9 Å². The first-order valence-electron chi connectivity index (χ1n) is 5.26. The van der Waals surface area contributed by atoms with Gasteiger partial charge >= 0.3 is 0 Å². The van der Waals surface area contributed by atoms with Crippen LogP contribution >= 0.6 is 23.8 Å². The Morgan fingerprint density at radius 3 is 2.56 bits per heavy atom. The number of rotatable bonds is 4. The summed E-state index contributed by atoms with van der Waals surface area (Å²) in [4.78, 5) is 8.48. The molecule has 0 radical (unpaired) electrons. The van der Waals surface area contributed by atoms with E-state index in [1.807, 2.05) is 24.3 Å². The Kier molecular flexibility index (Phi) is 4.07. The summed E-state index contributed by atoms with van der Waals surface area (Å²) in [6.07, 6.45) is 3.15. The van der Waals surface area contributed by atoms with Gasteiger partial charge in [0, 0.05) is 24.0 Å². The van der Waals surface area contributed by atoms with Crippen molar-refractivity contribution in [2.24, 2.45) is 5.73 Å². The molecule has 0 aliphatic rings. The summed E-state index contributed by atoms with van der Waals surface area (Å²) in [7, 11) is 0. The third kappa shape index (κ3) is 3.15. The monoisotopic (exact) mass is 278 g/mol. The molecular weight excluding hydrogens is 268 g/mol. The van der Waals surface area contributed by atoms with Gasteiger partial charge in [0.15, 0.2) is 5.82 Å². The van der Waals surface area contributed by atoms with Crippen molar-refractivity contribution in [3.63, 3.8) is 0 Å². The van der Waals surface area contributed by atoms with Crippen molar-refractivity contribution < 1.29 is 0 Å². The zero-order valence-electron chi connectivity index (χ0n) is 9.43. The van der Waals surface area contributed by atoms with Gasteiger partial charge in [-0.05, 0) is 17.7 Å². The van der Waals surface area contributed by atoms with E-state index in [0.29, 0.717) is 23.1 Å². The van der Waals surface area contributed by atoms with Crippen LogP contribution in [0.3, 0.4) is 0 Å². The second-order valence-corrected chi connectivity index (χ2v) is 4.47. The lowest BCUT2D eigenvalue weighted by atomic mass is 10.2. The predicted octanol–water partition coefficient (Wildman–Crippen LogP) is 2.38. The molecule has 0 fully saturated rings. The SMILES string of the molecule is NC(=S)c1nccnc1NCc1ccc(Cl)cc1. The largest absolute Gasteiger partial charge is 0.388 e. The molecule has 1 aromatic heterocycles. The number of nitrogens with two attached hydrogens (primary N) is 1. The van der Waals surface area contributed by atoms with Crippen LogP contribution in [0, 0.1) is 0 Å². The Balaban J connectivity index is 2.10. The fraction of sp³-hybridized carbons (Fsp3) is 0.0833. The van der Waals surface area contributed by atoms with Gasteiger partial charge in [-0.1, -0.05) is 36.0 Å². The van der Waals surface area contributed by atoms with Gasteiger partial charge in [-0.3, -0.25) is 0 Å². The molecule has 0 saturated carbocycles. The van der Waals surface area contributed by atoms with Gasteiger partial charge in [0.05, 0.1) is 0 Å². The highest BCUT2D eigenvalue weighted by atomic mass is 35.5. The second kappa shape index (κ2) is 5.75. The molecule has 2 rings (SSSR count). The number of hydrogen-bond donors (Lipinski definition) is 2. The summed E-state index contributed by atoms with van der Waals surface area (Å²) in [6.45, 7) is 0.603. The predicted molar refractivity (Wildman–Crippen MR) is 76.7 cm³/mol. The number of nitrogens with one attached hydrogen (secondary N) is 1. The average molecular weight is 279 g/mol. The van der Waals surface area contributed by atoms with Crippen LogP contribution in [0.1, 0.15) is 11.3 Å². The minimum absolute atomic E-state index is 0.224. The van der Waals surface area contributed by atoms with E-state index in [1.54, 1.807) is 12.4 Å². The molecule has 18 heavy (non-hydrogen) atoms. The number of aromatic nitrogens is 2. The van der Waals surface area contributed by atoms with Gasteiger partial charge in [0.1, 0.15) is 10.7 Å². The lowest BCUT2D eigenvalue weighted by Crippen LogP contribution is -2.16. The van der Waals surface area contributed by atoms with Crippen LogP contribution in [0.15, 0.2) is 36.7 Å². The number of halogens is 1. The van der Waals surface area contributed by atoms with Gasteiger partial charge in [-0.15, -0.1) is 0 Å². The maximum Gasteiger partial charge on any atom is 0.155 e. The van der Waals surface area contributed by atoms with Crippen molar-refractivity contribution >= 4 is 34.6 Å². The first kappa shape index (κ1) is 12.7. The molecule has 0 amide bonds. The summed E-state index contributed by atoms with van der Waals surface area (Å²) in [5, 5.41) is 3.86. The van der Waals surface area contributed by atoms with E-state index in [9.17, 15) is 0 Å². The number of nitrogens with zero attached hydrogens (tertiary/aromatic N) is 2. The van der Waals surface area contributed by atoms with Gasteiger partial charge in [-0.2, -0.15) is 0 Å². The Morgan fingerprint density at radius 2 is 1.89 bits per heavy atom. The van der Waals surface area contributed by atoms with E-state index < -0.39 is 0 Å². The van der Waals surface area contributed by atoms with E-state index in [-0.39, 0.29) is 4.99 Å². The van der Waals surface area contributed by atoms with E-state index in [2.05, 4.69) is 15.3 Å². The Hall–Kier alpha value is -1.72. The highest BCUT2D eigenvalue weighted by molar-refractivity contribution is 7.80.